The molecule has 12 heteroatoms. The van der Waals surface area contributed by atoms with Crippen molar-refractivity contribution in [2.75, 3.05) is 13.2 Å². The number of carbonyl (C=O) groups is 4. The van der Waals surface area contributed by atoms with Crippen LogP contribution in [-0.2, 0) is 42.9 Å². The molecule has 0 radical (unpaired) electrons. The molecular formula is C55H96O12. The van der Waals surface area contributed by atoms with E-state index in [0.717, 1.165) is 109 Å². The molecule has 67 heavy (non-hydrogen) atoms. The summed E-state index contributed by atoms with van der Waals surface area (Å²) in [4.78, 5) is 50.8. The summed E-state index contributed by atoms with van der Waals surface area (Å²) in [5.41, 5.74) is 0. The molecule has 0 aromatic carbocycles. The molecule has 1 aliphatic heterocycles. The van der Waals surface area contributed by atoms with Gasteiger partial charge in [0, 0.05) is 19.3 Å². The standard InChI is InChI=1S/C55H96O12/c1-4-7-10-13-16-19-22-23-24-25-28-29-32-35-38-41-47(56)63-44-46(65-48(57)42-39-36-33-30-26-20-17-14-11-8-5-2)45-64-55-53(51(60)50(59)52(67-55)54(61)62)66-49(58)43-40-37-34-31-27-21-18-15-12-9-6-3/h14,16-17,19,23-24,46,50-53,55,59-60H,4-13,15,18,20-22,25-45H2,1-3H3,(H,61,62)/b17-14-,19-16-,24-23-. The molecule has 0 spiro atoms. The van der Waals surface area contributed by atoms with Crippen LogP contribution in [0.25, 0.3) is 0 Å². The van der Waals surface area contributed by atoms with Crippen LogP contribution in [0.2, 0.25) is 0 Å². The van der Waals surface area contributed by atoms with Gasteiger partial charge in [-0.1, -0.05) is 186 Å². The number of unbranched alkanes of at least 4 members (excludes halogenated alkanes) is 25. The Morgan fingerprint density at radius 2 is 0.910 bits per heavy atom. The minimum Gasteiger partial charge on any atom is -0.479 e. The third kappa shape index (κ3) is 34.8. The Morgan fingerprint density at radius 1 is 0.493 bits per heavy atom. The highest BCUT2D eigenvalue weighted by Gasteiger charge is 2.50. The highest BCUT2D eigenvalue weighted by molar-refractivity contribution is 5.74. The zero-order valence-corrected chi connectivity index (χ0v) is 42.4. The summed E-state index contributed by atoms with van der Waals surface area (Å²) in [6.07, 6.45) is 37.0. The van der Waals surface area contributed by atoms with Crippen molar-refractivity contribution in [1.29, 1.82) is 0 Å². The third-order valence-electron chi connectivity index (χ3n) is 12.2. The number of carboxylic acid groups (broad SMARTS) is 1. The summed E-state index contributed by atoms with van der Waals surface area (Å²) < 4.78 is 28.3. The number of hydrogen-bond donors (Lipinski definition) is 3. The fourth-order valence-electron chi connectivity index (χ4n) is 7.97. The van der Waals surface area contributed by atoms with E-state index in [1.54, 1.807) is 0 Å². The number of hydrogen-bond acceptors (Lipinski definition) is 11. The number of rotatable bonds is 45. The first-order chi connectivity index (χ1) is 32.6. The van der Waals surface area contributed by atoms with Gasteiger partial charge in [0.25, 0.3) is 0 Å². The first-order valence-corrected chi connectivity index (χ1v) is 27.0. The van der Waals surface area contributed by atoms with Crippen molar-refractivity contribution >= 4 is 23.9 Å². The molecule has 1 aliphatic rings. The summed E-state index contributed by atoms with van der Waals surface area (Å²) >= 11 is 0. The fraction of sp³-hybridized carbons (Fsp3) is 0.818. The number of carbonyl (C=O) groups excluding carboxylic acids is 3. The Kier molecular flexibility index (Phi) is 40.8. The summed E-state index contributed by atoms with van der Waals surface area (Å²) in [5, 5.41) is 31.3. The molecule has 3 N–H and O–H groups in total. The summed E-state index contributed by atoms with van der Waals surface area (Å²) in [6.45, 7) is 5.88. The van der Waals surface area contributed by atoms with Crippen LogP contribution in [0.3, 0.4) is 0 Å². The molecule has 1 fully saturated rings. The van der Waals surface area contributed by atoms with Gasteiger partial charge < -0.3 is 39.0 Å². The molecule has 0 aromatic heterocycles. The van der Waals surface area contributed by atoms with Gasteiger partial charge in [0.15, 0.2) is 24.6 Å². The van der Waals surface area contributed by atoms with Crippen LogP contribution in [0.15, 0.2) is 36.5 Å². The quantitative estimate of drug-likeness (QED) is 0.0228. The molecule has 0 amide bonds. The normalized spacial score (nSPS) is 19.1. The fourth-order valence-corrected chi connectivity index (χ4v) is 7.97. The lowest BCUT2D eigenvalue weighted by atomic mass is 9.98. The molecule has 1 rings (SSSR count). The maximum Gasteiger partial charge on any atom is 0.335 e. The van der Waals surface area contributed by atoms with E-state index in [9.17, 15) is 34.5 Å². The molecule has 388 valence electrons. The Morgan fingerprint density at radius 3 is 1.43 bits per heavy atom. The minimum absolute atomic E-state index is 0.0619. The van der Waals surface area contributed by atoms with Gasteiger partial charge in [-0.2, -0.15) is 0 Å². The zero-order valence-electron chi connectivity index (χ0n) is 42.4. The Labute approximate surface area is 406 Å². The van der Waals surface area contributed by atoms with Gasteiger partial charge in [0.05, 0.1) is 6.61 Å². The average Bonchev–Trinajstić information content (AvgIpc) is 3.31. The van der Waals surface area contributed by atoms with Crippen LogP contribution in [0, 0.1) is 0 Å². The van der Waals surface area contributed by atoms with E-state index in [4.69, 9.17) is 23.7 Å². The number of aliphatic hydroxyl groups is 2. The van der Waals surface area contributed by atoms with E-state index in [0.29, 0.717) is 19.3 Å². The minimum atomic E-state index is -1.90. The molecular weight excluding hydrogens is 853 g/mol. The van der Waals surface area contributed by atoms with Crippen molar-refractivity contribution in [2.24, 2.45) is 0 Å². The number of ether oxygens (including phenoxy) is 5. The van der Waals surface area contributed by atoms with Crippen LogP contribution < -0.4 is 0 Å². The highest BCUT2D eigenvalue weighted by Crippen LogP contribution is 2.26. The van der Waals surface area contributed by atoms with Crippen molar-refractivity contribution in [3.05, 3.63) is 36.5 Å². The molecule has 1 saturated heterocycles. The molecule has 0 saturated carbocycles. The lowest BCUT2D eigenvalue weighted by molar-refractivity contribution is -0.301. The lowest BCUT2D eigenvalue weighted by Gasteiger charge is -2.40. The number of esters is 3. The van der Waals surface area contributed by atoms with E-state index < -0.39 is 67.3 Å². The molecule has 1 heterocycles. The Balaban J connectivity index is 2.73. The average molecular weight is 949 g/mol. The largest absolute Gasteiger partial charge is 0.479 e. The van der Waals surface area contributed by atoms with E-state index in [1.165, 1.54) is 70.6 Å². The molecule has 0 bridgehead atoms. The molecule has 0 aromatic rings. The second-order valence-corrected chi connectivity index (χ2v) is 18.5. The number of carboxylic acids is 1. The highest BCUT2D eigenvalue weighted by atomic mass is 16.7. The predicted molar refractivity (Wildman–Crippen MR) is 266 cm³/mol. The van der Waals surface area contributed by atoms with E-state index in [2.05, 4.69) is 57.2 Å². The third-order valence-corrected chi connectivity index (χ3v) is 12.2. The second-order valence-electron chi connectivity index (χ2n) is 18.5. The van der Waals surface area contributed by atoms with Crippen molar-refractivity contribution in [3.63, 3.8) is 0 Å². The van der Waals surface area contributed by atoms with Gasteiger partial charge >= 0.3 is 23.9 Å². The van der Waals surface area contributed by atoms with Crippen LogP contribution >= 0.6 is 0 Å². The smallest absolute Gasteiger partial charge is 0.335 e. The summed E-state index contributed by atoms with van der Waals surface area (Å²) in [7, 11) is 0. The predicted octanol–water partition coefficient (Wildman–Crippen LogP) is 12.9. The monoisotopic (exact) mass is 949 g/mol. The van der Waals surface area contributed by atoms with Crippen LogP contribution in [-0.4, -0.2) is 89.2 Å². The van der Waals surface area contributed by atoms with Crippen molar-refractivity contribution in [1.82, 2.24) is 0 Å². The first kappa shape index (κ1) is 62.0. The molecule has 6 unspecified atom stereocenters. The molecule has 12 nitrogen and oxygen atoms in total. The van der Waals surface area contributed by atoms with Gasteiger partial charge in [-0.15, -0.1) is 0 Å². The molecule has 6 atom stereocenters. The van der Waals surface area contributed by atoms with Crippen molar-refractivity contribution < 1.29 is 58.2 Å². The van der Waals surface area contributed by atoms with Crippen LogP contribution in [0.1, 0.15) is 239 Å². The summed E-state index contributed by atoms with van der Waals surface area (Å²) in [5.74, 6) is -3.14. The zero-order chi connectivity index (χ0) is 49.0. The van der Waals surface area contributed by atoms with Gasteiger partial charge in [-0.3, -0.25) is 14.4 Å². The number of aliphatic carboxylic acids is 1. The maximum atomic E-state index is 13.0. The van der Waals surface area contributed by atoms with Gasteiger partial charge in [0.1, 0.15) is 18.8 Å². The topological polar surface area (TPSA) is 175 Å². The van der Waals surface area contributed by atoms with Gasteiger partial charge in [-0.25, -0.2) is 4.79 Å². The van der Waals surface area contributed by atoms with Crippen molar-refractivity contribution in [3.8, 4) is 0 Å². The van der Waals surface area contributed by atoms with E-state index in [-0.39, 0.29) is 25.9 Å². The van der Waals surface area contributed by atoms with E-state index >= 15 is 0 Å². The maximum absolute atomic E-state index is 13.0. The van der Waals surface area contributed by atoms with Crippen molar-refractivity contribution in [2.45, 2.75) is 276 Å². The van der Waals surface area contributed by atoms with E-state index in [1.807, 2.05) is 0 Å². The Hall–Kier alpha value is -3.06. The van der Waals surface area contributed by atoms with Crippen LogP contribution in [0.5, 0.6) is 0 Å². The van der Waals surface area contributed by atoms with Gasteiger partial charge in [0.2, 0.25) is 0 Å². The molecule has 0 aliphatic carbocycles. The lowest BCUT2D eigenvalue weighted by Crippen LogP contribution is -2.61. The first-order valence-electron chi connectivity index (χ1n) is 27.0. The SMILES string of the molecule is CCCC/C=C\CCCCCCCC(=O)OC(COC(=O)CCCCCCC/C=C\C/C=C\CCCCC)COC1OC(C(=O)O)C(O)C(O)C1OC(=O)CCCCCCCCCCCCC. The number of allylic oxidation sites excluding steroid dienone is 6. The Bertz CT molecular complexity index is 1310. The second kappa shape index (κ2) is 44.2. The van der Waals surface area contributed by atoms with Gasteiger partial charge in [-0.05, 0) is 70.6 Å². The van der Waals surface area contributed by atoms with Crippen LogP contribution in [0.4, 0.5) is 0 Å². The summed E-state index contributed by atoms with van der Waals surface area (Å²) in [6, 6.07) is 0. The number of aliphatic hydroxyl groups excluding tert-OH is 2.